The minimum absolute atomic E-state index is 0.248. The number of carbonyl (C=O) groups excluding carboxylic acids is 1. The van der Waals surface area contributed by atoms with Crippen molar-refractivity contribution in [2.75, 3.05) is 5.32 Å². The van der Waals surface area contributed by atoms with E-state index in [-0.39, 0.29) is 5.91 Å². The Hall–Kier alpha value is -3.28. The lowest BCUT2D eigenvalue weighted by Crippen LogP contribution is -2.24. The number of nitrogens with zero attached hydrogens (tertiary/aromatic N) is 3. The third-order valence-corrected chi connectivity index (χ3v) is 3.54. The van der Waals surface area contributed by atoms with Gasteiger partial charge in [-0.1, -0.05) is 18.2 Å². The van der Waals surface area contributed by atoms with Crippen molar-refractivity contribution in [1.29, 1.82) is 0 Å². The molecule has 3 aromatic rings. The van der Waals surface area contributed by atoms with E-state index in [1.54, 1.807) is 25.4 Å². The number of rotatable bonds is 5. The van der Waals surface area contributed by atoms with Gasteiger partial charge in [-0.2, -0.15) is 0 Å². The molecule has 0 fully saturated rings. The summed E-state index contributed by atoms with van der Waals surface area (Å²) in [4.78, 5) is 25.0. The zero-order valence-corrected chi connectivity index (χ0v) is 14.2. The van der Waals surface area contributed by atoms with Gasteiger partial charge in [-0.15, -0.1) is 0 Å². The molecule has 0 radical (unpaired) electrons. The Kier molecular flexibility index (Phi) is 4.99. The topological polar surface area (TPSA) is 79.8 Å². The summed E-state index contributed by atoms with van der Waals surface area (Å²) in [5.41, 5.74) is 3.32. The number of nitrogens with one attached hydrogen (secondary N) is 2. The first-order valence-electron chi connectivity index (χ1n) is 7.96. The van der Waals surface area contributed by atoms with Gasteiger partial charge in [0.25, 0.3) is 5.91 Å². The van der Waals surface area contributed by atoms with E-state index in [1.165, 1.54) is 0 Å². The predicted molar refractivity (Wildman–Crippen MR) is 96.6 cm³/mol. The van der Waals surface area contributed by atoms with Crippen LogP contribution in [0.4, 0.5) is 11.5 Å². The second kappa shape index (κ2) is 7.53. The van der Waals surface area contributed by atoms with Crippen molar-refractivity contribution in [2.24, 2.45) is 0 Å². The molecule has 2 aromatic heterocycles. The van der Waals surface area contributed by atoms with E-state index in [2.05, 4.69) is 25.6 Å². The van der Waals surface area contributed by atoms with Crippen LogP contribution in [0.3, 0.4) is 0 Å². The van der Waals surface area contributed by atoms with Crippen LogP contribution in [0.25, 0.3) is 0 Å². The van der Waals surface area contributed by atoms with Crippen LogP contribution in [0.2, 0.25) is 0 Å². The molecule has 126 valence electrons. The summed E-state index contributed by atoms with van der Waals surface area (Å²) in [6, 6.07) is 13.3. The lowest BCUT2D eigenvalue weighted by molar-refractivity contribution is 0.0945. The van der Waals surface area contributed by atoms with E-state index in [0.29, 0.717) is 23.9 Å². The van der Waals surface area contributed by atoms with Crippen LogP contribution in [0, 0.1) is 13.8 Å². The first-order valence-corrected chi connectivity index (χ1v) is 7.96. The summed E-state index contributed by atoms with van der Waals surface area (Å²) in [6.45, 7) is 4.18. The first kappa shape index (κ1) is 16.6. The highest BCUT2D eigenvalue weighted by molar-refractivity contribution is 5.93. The summed E-state index contributed by atoms with van der Waals surface area (Å²) < 4.78 is 0. The van der Waals surface area contributed by atoms with Crippen molar-refractivity contribution < 1.29 is 4.79 Å². The van der Waals surface area contributed by atoms with E-state index in [9.17, 15) is 4.79 Å². The van der Waals surface area contributed by atoms with Crippen LogP contribution < -0.4 is 10.6 Å². The largest absolute Gasteiger partial charge is 0.347 e. The SMILES string of the molecule is Cc1cccc(Nc2cc(C(=O)NCc3cccnc3)nc(C)n2)c1. The molecule has 1 aromatic carbocycles. The van der Waals surface area contributed by atoms with Gasteiger partial charge in [0.15, 0.2) is 0 Å². The first-order chi connectivity index (χ1) is 12.1. The number of pyridine rings is 1. The molecule has 0 spiro atoms. The zero-order chi connectivity index (χ0) is 17.6. The van der Waals surface area contributed by atoms with Gasteiger partial charge in [-0.05, 0) is 43.2 Å². The molecule has 0 bridgehead atoms. The summed E-state index contributed by atoms with van der Waals surface area (Å²) >= 11 is 0. The fourth-order valence-corrected chi connectivity index (χ4v) is 2.39. The minimum Gasteiger partial charge on any atom is -0.347 e. The normalized spacial score (nSPS) is 10.3. The molecule has 6 nitrogen and oxygen atoms in total. The maximum atomic E-state index is 12.4. The van der Waals surface area contributed by atoms with Crippen LogP contribution in [0.1, 0.15) is 27.4 Å². The van der Waals surface area contributed by atoms with Crippen molar-refractivity contribution in [3.8, 4) is 0 Å². The van der Waals surface area contributed by atoms with E-state index < -0.39 is 0 Å². The van der Waals surface area contributed by atoms with Crippen molar-refractivity contribution >= 4 is 17.4 Å². The molecule has 0 aliphatic heterocycles. The molecular weight excluding hydrogens is 314 g/mol. The average Bonchev–Trinajstić information content (AvgIpc) is 2.60. The Labute approximate surface area is 146 Å². The number of anilines is 2. The Morgan fingerprint density at radius 1 is 1.08 bits per heavy atom. The Morgan fingerprint density at radius 2 is 1.96 bits per heavy atom. The lowest BCUT2D eigenvalue weighted by Gasteiger charge is -2.09. The standard InChI is InChI=1S/C19H19N5O/c1-13-5-3-7-16(9-13)24-18-10-17(22-14(2)23-18)19(25)21-12-15-6-4-8-20-11-15/h3-11H,12H2,1-2H3,(H,21,25)(H,22,23,24). The number of hydrogen-bond donors (Lipinski definition) is 2. The van der Waals surface area contributed by atoms with Crippen molar-refractivity contribution in [3.63, 3.8) is 0 Å². The Balaban J connectivity index is 1.73. The van der Waals surface area contributed by atoms with E-state index in [0.717, 1.165) is 16.8 Å². The Bertz CT molecular complexity index is 880. The number of aryl methyl sites for hydroxylation is 2. The molecule has 0 aliphatic carbocycles. The van der Waals surface area contributed by atoms with Crippen LogP contribution in [0.5, 0.6) is 0 Å². The zero-order valence-electron chi connectivity index (χ0n) is 14.2. The highest BCUT2D eigenvalue weighted by Crippen LogP contribution is 2.16. The predicted octanol–water partition coefficient (Wildman–Crippen LogP) is 3.16. The van der Waals surface area contributed by atoms with E-state index >= 15 is 0 Å². The number of carbonyl (C=O) groups is 1. The van der Waals surface area contributed by atoms with Gasteiger partial charge in [0.1, 0.15) is 17.3 Å². The molecule has 0 aliphatic rings. The quantitative estimate of drug-likeness (QED) is 0.750. The van der Waals surface area contributed by atoms with Gasteiger partial charge in [0.2, 0.25) is 0 Å². The molecule has 3 rings (SSSR count). The number of amides is 1. The minimum atomic E-state index is -0.248. The fourth-order valence-electron chi connectivity index (χ4n) is 2.39. The van der Waals surface area contributed by atoms with Gasteiger partial charge >= 0.3 is 0 Å². The smallest absolute Gasteiger partial charge is 0.270 e. The van der Waals surface area contributed by atoms with Crippen molar-refractivity contribution in [2.45, 2.75) is 20.4 Å². The summed E-state index contributed by atoms with van der Waals surface area (Å²) in [7, 11) is 0. The molecule has 2 heterocycles. The summed E-state index contributed by atoms with van der Waals surface area (Å²) in [6.07, 6.45) is 3.42. The monoisotopic (exact) mass is 333 g/mol. The molecule has 0 saturated carbocycles. The molecule has 25 heavy (non-hydrogen) atoms. The van der Waals surface area contributed by atoms with Crippen LogP contribution in [0.15, 0.2) is 54.9 Å². The van der Waals surface area contributed by atoms with Crippen LogP contribution >= 0.6 is 0 Å². The second-order valence-electron chi connectivity index (χ2n) is 5.72. The highest BCUT2D eigenvalue weighted by atomic mass is 16.1. The van der Waals surface area contributed by atoms with Gasteiger partial charge < -0.3 is 10.6 Å². The van der Waals surface area contributed by atoms with Crippen molar-refractivity contribution in [1.82, 2.24) is 20.3 Å². The Morgan fingerprint density at radius 3 is 2.72 bits per heavy atom. The van der Waals surface area contributed by atoms with Gasteiger partial charge in [0.05, 0.1) is 0 Å². The van der Waals surface area contributed by atoms with E-state index in [4.69, 9.17) is 0 Å². The van der Waals surface area contributed by atoms with E-state index in [1.807, 2.05) is 43.3 Å². The highest BCUT2D eigenvalue weighted by Gasteiger charge is 2.10. The van der Waals surface area contributed by atoms with Crippen LogP contribution in [-0.2, 0) is 6.54 Å². The molecular formula is C19H19N5O. The number of benzene rings is 1. The van der Waals surface area contributed by atoms with Crippen molar-refractivity contribution in [3.05, 3.63) is 77.5 Å². The number of aromatic nitrogens is 3. The summed E-state index contributed by atoms with van der Waals surface area (Å²) in [5, 5.41) is 6.06. The molecule has 0 atom stereocenters. The third-order valence-electron chi connectivity index (χ3n) is 3.54. The van der Waals surface area contributed by atoms with Gasteiger partial charge in [0, 0.05) is 30.7 Å². The average molecular weight is 333 g/mol. The van der Waals surface area contributed by atoms with Gasteiger partial charge in [-0.3, -0.25) is 9.78 Å². The summed E-state index contributed by atoms with van der Waals surface area (Å²) in [5.74, 6) is 0.871. The fraction of sp³-hybridized carbons (Fsp3) is 0.158. The lowest BCUT2D eigenvalue weighted by atomic mass is 10.2. The second-order valence-corrected chi connectivity index (χ2v) is 5.72. The van der Waals surface area contributed by atoms with Gasteiger partial charge in [-0.25, -0.2) is 9.97 Å². The molecule has 1 amide bonds. The third kappa shape index (κ3) is 4.60. The molecule has 0 unspecified atom stereocenters. The maximum Gasteiger partial charge on any atom is 0.270 e. The van der Waals surface area contributed by atoms with Crippen LogP contribution in [-0.4, -0.2) is 20.9 Å². The maximum absolute atomic E-state index is 12.4. The molecule has 6 heteroatoms. The molecule has 2 N–H and O–H groups in total. The number of hydrogen-bond acceptors (Lipinski definition) is 5. The molecule has 0 saturated heterocycles.